The molecule has 17 nitrogen and oxygen atoms in total. The van der Waals surface area contributed by atoms with E-state index in [1.807, 2.05) is 0 Å². The van der Waals surface area contributed by atoms with Crippen molar-refractivity contribution < 1.29 is 55.8 Å². The Hall–Kier alpha value is -5.37. The first-order chi connectivity index (χ1) is 29.9. The fraction of sp³-hybridized carbons (Fsp3) is 0.591. The van der Waals surface area contributed by atoms with E-state index in [0.717, 1.165) is 15.5 Å². The Bertz CT molecular complexity index is 2050. The fourth-order valence-electron chi connectivity index (χ4n) is 7.70. The van der Waals surface area contributed by atoms with Crippen LogP contribution < -0.4 is 26.6 Å². The number of alkyl halides is 2. The summed E-state index contributed by atoms with van der Waals surface area (Å²) in [5, 5.41) is 22.5. The summed E-state index contributed by atoms with van der Waals surface area (Å²) in [6.07, 6.45) is -0.756. The smallest absolute Gasteiger partial charge is 0.407 e. The Balaban J connectivity index is 1.54. The largest absolute Gasteiger partial charge is 0.465 e. The lowest BCUT2D eigenvalue weighted by Gasteiger charge is -2.56. The Kier molecular flexibility index (Phi) is 17.6. The lowest BCUT2D eigenvalue weighted by atomic mass is 9.70. The number of hydrogen-bond donors (Lipinski definition) is 6. The number of piperidine rings is 1. The molecular weight excluding hydrogens is 857 g/mol. The summed E-state index contributed by atoms with van der Waals surface area (Å²) in [6.45, 7) is 7.02. The second-order valence-corrected chi connectivity index (χ2v) is 20.1. The zero-order valence-electron chi connectivity index (χ0n) is 37.3. The molecule has 6 N–H and O–H groups in total. The SMILES string of the molecule is CC(C)C[C@@H](NC(=O)[C@@H](Cc1ccccc1)NC(=O)[C@@H](Cc1ccccc1)NC(=O)O)C(=O)N[C@H](CCCCNC(=O)OC(C)(C)C)C(=O)N1CCC2(CN(S(C)(=O)=O)C2)C(F)(F)C1. The van der Waals surface area contributed by atoms with E-state index in [-0.39, 0.29) is 70.6 Å². The standard InChI is InChI=1S/C44H63F2N7O10S/c1-29(2)23-33(49-37(55)34(24-30-15-9-7-10-16-30)50-38(56)35(51-40(58)59)25-31-17-11-8-12-18-31)36(54)48-32(19-13-14-21-47-41(60)63-42(3,4)5)39(57)52-22-20-43(44(45,46)28-52)26-53(27-43)64(6,61)62/h7-12,15-18,29,32-35,51H,13-14,19-28H2,1-6H3,(H,47,60)(H,48,54)(H,49,55)(H,50,56)(H,58,59)/t32-,33-,34-,35-/m1/s1. The lowest BCUT2D eigenvalue weighted by Crippen LogP contribution is -2.71. The van der Waals surface area contributed by atoms with Crippen molar-refractivity contribution in [3.63, 3.8) is 0 Å². The Morgan fingerprint density at radius 1 is 0.766 bits per heavy atom. The van der Waals surface area contributed by atoms with E-state index in [9.17, 15) is 42.3 Å². The van der Waals surface area contributed by atoms with Gasteiger partial charge in [0.1, 0.15) is 29.8 Å². The normalized spacial score (nSPS) is 17.8. The molecule has 2 fully saturated rings. The van der Waals surface area contributed by atoms with Crippen LogP contribution in [0.2, 0.25) is 0 Å². The van der Waals surface area contributed by atoms with Gasteiger partial charge >= 0.3 is 12.2 Å². The molecule has 0 saturated carbocycles. The number of alkyl carbamates (subject to hydrolysis) is 1. The maximum absolute atomic E-state index is 15.8. The number of nitrogens with zero attached hydrogens (tertiary/aromatic N) is 2. The topological polar surface area (TPSA) is 233 Å². The first-order valence-corrected chi connectivity index (χ1v) is 23.3. The third-order valence-corrected chi connectivity index (χ3v) is 12.3. The third kappa shape index (κ3) is 15.1. The number of rotatable bonds is 20. The number of hydrogen-bond acceptors (Lipinski definition) is 9. The van der Waals surface area contributed by atoms with E-state index in [1.54, 1.807) is 95.3 Å². The van der Waals surface area contributed by atoms with Gasteiger partial charge in [-0.05, 0) is 69.9 Å². The highest BCUT2D eigenvalue weighted by Crippen LogP contribution is 2.50. The molecule has 0 aromatic heterocycles. The number of benzene rings is 2. The number of carbonyl (C=O) groups excluding carboxylic acids is 5. The van der Waals surface area contributed by atoms with E-state index >= 15 is 8.78 Å². The van der Waals surface area contributed by atoms with Crippen LogP contribution in [0.5, 0.6) is 0 Å². The predicted molar refractivity (Wildman–Crippen MR) is 234 cm³/mol. The Morgan fingerprint density at radius 2 is 1.27 bits per heavy atom. The van der Waals surface area contributed by atoms with E-state index in [2.05, 4.69) is 26.6 Å². The number of carbonyl (C=O) groups is 6. The summed E-state index contributed by atoms with van der Waals surface area (Å²) in [6, 6.07) is 12.2. The molecular formula is C44H63F2N7O10S. The van der Waals surface area contributed by atoms with Crippen LogP contribution in [0.1, 0.15) is 77.8 Å². The molecule has 64 heavy (non-hydrogen) atoms. The van der Waals surface area contributed by atoms with Crippen molar-refractivity contribution in [2.45, 2.75) is 115 Å². The summed E-state index contributed by atoms with van der Waals surface area (Å²) in [5.74, 6) is -6.76. The van der Waals surface area contributed by atoms with Crippen LogP contribution in [0.25, 0.3) is 0 Å². The molecule has 6 amide bonds. The van der Waals surface area contributed by atoms with Crippen molar-refractivity contribution in [2.75, 3.05) is 39.0 Å². The molecule has 0 radical (unpaired) electrons. The zero-order chi connectivity index (χ0) is 47.5. The van der Waals surface area contributed by atoms with Crippen LogP contribution >= 0.6 is 0 Å². The van der Waals surface area contributed by atoms with Gasteiger partial charge in [-0.2, -0.15) is 0 Å². The van der Waals surface area contributed by atoms with Gasteiger partial charge in [-0.1, -0.05) is 74.5 Å². The summed E-state index contributed by atoms with van der Waals surface area (Å²) in [4.78, 5) is 81.2. The monoisotopic (exact) mass is 919 g/mol. The van der Waals surface area contributed by atoms with Crippen LogP contribution in [-0.2, 0) is 46.8 Å². The highest BCUT2D eigenvalue weighted by molar-refractivity contribution is 7.88. The molecule has 0 bridgehead atoms. The molecule has 0 aliphatic carbocycles. The molecule has 4 rings (SSSR count). The summed E-state index contributed by atoms with van der Waals surface area (Å²) in [7, 11) is -3.69. The van der Waals surface area contributed by atoms with Crippen LogP contribution in [0.4, 0.5) is 18.4 Å². The minimum absolute atomic E-state index is 0.0213. The van der Waals surface area contributed by atoms with Gasteiger partial charge in [-0.15, -0.1) is 0 Å². The van der Waals surface area contributed by atoms with Gasteiger partial charge in [0.25, 0.3) is 5.92 Å². The van der Waals surface area contributed by atoms with Crippen molar-refractivity contribution in [1.29, 1.82) is 0 Å². The number of nitrogens with one attached hydrogen (secondary N) is 5. The van der Waals surface area contributed by atoms with Crippen molar-refractivity contribution in [3.05, 3.63) is 71.8 Å². The number of sulfonamides is 1. The minimum Gasteiger partial charge on any atom is -0.465 e. The molecule has 4 atom stereocenters. The number of carboxylic acid groups (broad SMARTS) is 1. The van der Waals surface area contributed by atoms with Crippen LogP contribution in [0.15, 0.2) is 60.7 Å². The molecule has 2 aliphatic heterocycles. The lowest BCUT2D eigenvalue weighted by molar-refractivity contribution is -0.210. The maximum atomic E-state index is 15.8. The minimum atomic E-state index is -3.69. The van der Waals surface area contributed by atoms with Gasteiger partial charge in [0.05, 0.1) is 18.2 Å². The molecule has 2 heterocycles. The quantitative estimate of drug-likeness (QED) is 0.106. The van der Waals surface area contributed by atoms with Gasteiger partial charge in [-0.3, -0.25) is 19.2 Å². The summed E-state index contributed by atoms with van der Waals surface area (Å²) in [5.41, 5.74) is -1.06. The average Bonchev–Trinajstić information content (AvgIpc) is 3.17. The van der Waals surface area contributed by atoms with Gasteiger partial charge < -0.3 is 41.3 Å². The molecule has 2 saturated heterocycles. The van der Waals surface area contributed by atoms with E-state index in [1.165, 1.54) is 0 Å². The third-order valence-electron chi connectivity index (χ3n) is 11.1. The van der Waals surface area contributed by atoms with Gasteiger partial charge in [0.2, 0.25) is 33.7 Å². The zero-order valence-corrected chi connectivity index (χ0v) is 38.1. The molecule has 20 heteroatoms. The van der Waals surface area contributed by atoms with Gasteiger partial charge in [0, 0.05) is 39.0 Å². The molecule has 1 spiro atoms. The fourth-order valence-corrected chi connectivity index (χ4v) is 8.67. The summed E-state index contributed by atoms with van der Waals surface area (Å²) >= 11 is 0. The van der Waals surface area contributed by atoms with Gasteiger partial charge in [-0.25, -0.2) is 31.1 Å². The average molecular weight is 920 g/mol. The molecule has 2 aromatic carbocycles. The number of halogens is 2. The predicted octanol–water partition coefficient (Wildman–Crippen LogP) is 3.43. The Morgan fingerprint density at radius 3 is 1.75 bits per heavy atom. The summed E-state index contributed by atoms with van der Waals surface area (Å²) < 4.78 is 62.0. The van der Waals surface area contributed by atoms with Gasteiger partial charge in [0.15, 0.2) is 0 Å². The van der Waals surface area contributed by atoms with E-state index < -0.39 is 93.5 Å². The van der Waals surface area contributed by atoms with Crippen LogP contribution in [0.3, 0.4) is 0 Å². The number of unbranched alkanes of at least 4 members (excludes halogenated alkanes) is 1. The van der Waals surface area contributed by atoms with Crippen molar-refractivity contribution in [1.82, 2.24) is 35.8 Å². The first kappa shape index (κ1) is 51.3. The molecule has 354 valence electrons. The van der Waals surface area contributed by atoms with E-state index in [4.69, 9.17) is 4.74 Å². The van der Waals surface area contributed by atoms with E-state index in [0.29, 0.717) is 17.5 Å². The number of ether oxygens (including phenoxy) is 1. The van der Waals surface area contributed by atoms with Crippen molar-refractivity contribution >= 4 is 45.8 Å². The molecule has 0 unspecified atom stereocenters. The van der Waals surface area contributed by atoms with Crippen molar-refractivity contribution in [3.8, 4) is 0 Å². The number of likely N-dealkylation sites (tertiary alicyclic amines) is 1. The highest BCUT2D eigenvalue weighted by atomic mass is 32.2. The second kappa shape index (κ2) is 22.0. The Labute approximate surface area is 373 Å². The highest BCUT2D eigenvalue weighted by Gasteiger charge is 2.64. The second-order valence-electron chi connectivity index (χ2n) is 18.1. The van der Waals surface area contributed by atoms with Crippen LogP contribution in [0, 0.1) is 11.3 Å². The number of amides is 6. The first-order valence-electron chi connectivity index (χ1n) is 21.4. The molecule has 2 aliphatic rings. The maximum Gasteiger partial charge on any atom is 0.407 e. The molecule has 2 aromatic rings. The van der Waals surface area contributed by atoms with Crippen LogP contribution in [-0.4, -0.2) is 133 Å². The van der Waals surface area contributed by atoms with Crippen molar-refractivity contribution in [2.24, 2.45) is 11.3 Å².